The van der Waals surface area contributed by atoms with Gasteiger partial charge in [-0.25, -0.2) is 13.8 Å². The molecule has 1 rings (SSSR count). The second-order valence-corrected chi connectivity index (χ2v) is 2.55. The minimum atomic E-state index is -2.85. The van der Waals surface area contributed by atoms with E-state index < -0.39 is 12.0 Å². The fraction of sp³-hybridized carbons (Fsp3) is 0.222. The minimum absolute atomic E-state index is 0.215. The summed E-state index contributed by atoms with van der Waals surface area (Å²) in [5.41, 5.74) is -1.09. The number of pyridine rings is 1. The zero-order chi connectivity index (χ0) is 11.4. The molecule has 1 aromatic heterocycles. The molecule has 0 bridgehead atoms. The molecule has 0 amide bonds. The van der Waals surface area contributed by atoms with Crippen LogP contribution in [0.3, 0.4) is 0 Å². The maximum atomic E-state index is 12.5. The standard InChI is InChI=1S/C9H6F2N2O2/c1-15-9-7(4-14)6(8(10)11)2-5(3-12)13-9/h2,4,8H,1H3. The van der Waals surface area contributed by atoms with Crippen LogP contribution in [0.25, 0.3) is 0 Å². The SMILES string of the molecule is COc1nc(C#N)cc(C(F)F)c1C=O. The molecular formula is C9H6F2N2O2. The first-order chi connectivity index (χ1) is 7.13. The van der Waals surface area contributed by atoms with Crippen LogP contribution in [0.2, 0.25) is 0 Å². The van der Waals surface area contributed by atoms with E-state index in [1.165, 1.54) is 7.11 Å². The van der Waals surface area contributed by atoms with Crippen LogP contribution in [0.15, 0.2) is 6.07 Å². The van der Waals surface area contributed by atoms with E-state index in [-0.39, 0.29) is 23.4 Å². The van der Waals surface area contributed by atoms with Crippen LogP contribution in [0, 0.1) is 11.3 Å². The number of carbonyl (C=O) groups is 1. The minimum Gasteiger partial charge on any atom is -0.480 e. The number of halogens is 2. The van der Waals surface area contributed by atoms with Crippen molar-refractivity contribution >= 4 is 6.29 Å². The summed E-state index contributed by atoms with van der Waals surface area (Å²) in [7, 11) is 1.19. The number of ether oxygens (including phenoxy) is 1. The summed E-state index contributed by atoms with van der Waals surface area (Å²) in [5.74, 6) is -0.264. The molecule has 0 saturated carbocycles. The van der Waals surface area contributed by atoms with E-state index >= 15 is 0 Å². The Bertz CT molecular complexity index is 427. The fourth-order valence-corrected chi connectivity index (χ4v) is 1.06. The molecule has 0 aliphatic carbocycles. The molecule has 0 aromatic carbocycles. The number of hydrogen-bond acceptors (Lipinski definition) is 4. The second kappa shape index (κ2) is 4.46. The summed E-state index contributed by atoms with van der Waals surface area (Å²) in [6.45, 7) is 0. The van der Waals surface area contributed by atoms with Gasteiger partial charge in [0, 0.05) is 5.56 Å². The number of nitrogens with zero attached hydrogens (tertiary/aromatic N) is 2. The number of aldehydes is 1. The molecule has 78 valence electrons. The summed E-state index contributed by atoms with van der Waals surface area (Å²) in [4.78, 5) is 14.2. The number of aromatic nitrogens is 1. The van der Waals surface area contributed by atoms with Gasteiger partial charge in [0.05, 0.1) is 12.7 Å². The van der Waals surface area contributed by atoms with Crippen molar-refractivity contribution in [2.45, 2.75) is 6.43 Å². The lowest BCUT2D eigenvalue weighted by Crippen LogP contribution is -2.02. The fourth-order valence-electron chi connectivity index (χ4n) is 1.06. The third-order valence-corrected chi connectivity index (χ3v) is 1.72. The molecular weight excluding hydrogens is 206 g/mol. The van der Waals surface area contributed by atoms with Crippen LogP contribution < -0.4 is 4.74 Å². The zero-order valence-electron chi connectivity index (χ0n) is 7.70. The first-order valence-electron chi connectivity index (χ1n) is 3.86. The van der Waals surface area contributed by atoms with Gasteiger partial charge in [-0.2, -0.15) is 5.26 Å². The molecule has 0 aliphatic heterocycles. The first kappa shape index (κ1) is 11.0. The lowest BCUT2D eigenvalue weighted by molar-refractivity contribution is 0.110. The van der Waals surface area contributed by atoms with E-state index in [2.05, 4.69) is 9.72 Å². The summed E-state index contributed by atoms with van der Waals surface area (Å²) in [5, 5.41) is 8.53. The smallest absolute Gasteiger partial charge is 0.264 e. The van der Waals surface area contributed by atoms with Crippen LogP contribution in [0.4, 0.5) is 8.78 Å². The van der Waals surface area contributed by atoms with Gasteiger partial charge < -0.3 is 4.74 Å². The Hall–Kier alpha value is -2.03. The van der Waals surface area contributed by atoms with Gasteiger partial charge in [-0.15, -0.1) is 0 Å². The van der Waals surface area contributed by atoms with Gasteiger partial charge in [0.2, 0.25) is 5.88 Å². The quantitative estimate of drug-likeness (QED) is 0.715. The highest BCUT2D eigenvalue weighted by atomic mass is 19.3. The van der Waals surface area contributed by atoms with Gasteiger partial charge in [0.15, 0.2) is 6.29 Å². The second-order valence-electron chi connectivity index (χ2n) is 2.55. The highest BCUT2D eigenvalue weighted by Gasteiger charge is 2.19. The molecule has 0 atom stereocenters. The first-order valence-corrected chi connectivity index (χ1v) is 3.86. The number of hydrogen-bond donors (Lipinski definition) is 0. The highest BCUT2D eigenvalue weighted by Crippen LogP contribution is 2.27. The van der Waals surface area contributed by atoms with Gasteiger partial charge in [-0.05, 0) is 6.07 Å². The predicted molar refractivity (Wildman–Crippen MR) is 45.8 cm³/mol. The van der Waals surface area contributed by atoms with E-state index in [9.17, 15) is 13.6 Å². The topological polar surface area (TPSA) is 63.0 Å². The monoisotopic (exact) mass is 212 g/mol. The highest BCUT2D eigenvalue weighted by molar-refractivity contribution is 5.81. The van der Waals surface area contributed by atoms with E-state index in [1.54, 1.807) is 6.07 Å². The molecule has 6 heteroatoms. The van der Waals surface area contributed by atoms with E-state index in [0.29, 0.717) is 0 Å². The largest absolute Gasteiger partial charge is 0.480 e. The van der Waals surface area contributed by atoms with E-state index in [4.69, 9.17) is 5.26 Å². The van der Waals surface area contributed by atoms with Crippen molar-refractivity contribution in [3.05, 3.63) is 22.9 Å². The average molecular weight is 212 g/mol. The molecule has 1 aromatic rings. The van der Waals surface area contributed by atoms with Crippen molar-refractivity contribution in [1.82, 2.24) is 4.98 Å². The Morgan fingerprint density at radius 3 is 2.73 bits per heavy atom. The number of nitriles is 1. The van der Waals surface area contributed by atoms with Crippen LogP contribution >= 0.6 is 0 Å². The molecule has 0 aliphatic rings. The van der Waals surface area contributed by atoms with Crippen molar-refractivity contribution in [2.75, 3.05) is 7.11 Å². The van der Waals surface area contributed by atoms with Crippen molar-refractivity contribution in [1.29, 1.82) is 5.26 Å². The average Bonchev–Trinajstić information content (AvgIpc) is 2.26. The Kier molecular flexibility index (Phi) is 3.29. The van der Waals surface area contributed by atoms with Crippen LogP contribution in [-0.2, 0) is 0 Å². The molecule has 0 unspecified atom stereocenters. The Morgan fingerprint density at radius 1 is 1.67 bits per heavy atom. The zero-order valence-corrected chi connectivity index (χ0v) is 7.70. The molecule has 4 nitrogen and oxygen atoms in total. The van der Waals surface area contributed by atoms with E-state index in [0.717, 1.165) is 6.07 Å². The normalized spacial score (nSPS) is 9.80. The van der Waals surface area contributed by atoms with Gasteiger partial charge in [0.25, 0.3) is 6.43 Å². The van der Waals surface area contributed by atoms with Gasteiger partial charge in [-0.1, -0.05) is 0 Å². The van der Waals surface area contributed by atoms with Gasteiger partial charge in [-0.3, -0.25) is 4.79 Å². The summed E-state index contributed by atoms with van der Waals surface area (Å²) in [6, 6.07) is 2.48. The van der Waals surface area contributed by atoms with Crippen LogP contribution in [0.5, 0.6) is 5.88 Å². The Morgan fingerprint density at radius 2 is 2.33 bits per heavy atom. The third-order valence-electron chi connectivity index (χ3n) is 1.72. The lowest BCUT2D eigenvalue weighted by Gasteiger charge is -2.07. The Labute approximate surface area is 84.1 Å². The molecule has 0 radical (unpaired) electrons. The van der Waals surface area contributed by atoms with Crippen LogP contribution in [-0.4, -0.2) is 18.4 Å². The molecule has 15 heavy (non-hydrogen) atoms. The summed E-state index contributed by atoms with van der Waals surface area (Å²) < 4.78 is 29.6. The molecule has 0 saturated heterocycles. The molecule has 0 N–H and O–H groups in total. The number of rotatable bonds is 3. The van der Waals surface area contributed by atoms with Crippen molar-refractivity contribution in [2.24, 2.45) is 0 Å². The maximum absolute atomic E-state index is 12.5. The van der Waals surface area contributed by atoms with E-state index in [1.807, 2.05) is 0 Å². The summed E-state index contributed by atoms with van der Waals surface area (Å²) >= 11 is 0. The van der Waals surface area contributed by atoms with Crippen molar-refractivity contribution in [3.8, 4) is 11.9 Å². The maximum Gasteiger partial charge on any atom is 0.264 e. The molecule has 0 spiro atoms. The number of alkyl halides is 2. The third kappa shape index (κ3) is 2.07. The molecule has 1 heterocycles. The number of carbonyl (C=O) groups excluding carboxylic acids is 1. The van der Waals surface area contributed by atoms with Crippen LogP contribution in [0.1, 0.15) is 28.0 Å². The Balaban J connectivity index is 3.47. The van der Waals surface area contributed by atoms with Gasteiger partial charge >= 0.3 is 0 Å². The lowest BCUT2D eigenvalue weighted by atomic mass is 10.1. The molecule has 0 fully saturated rings. The van der Waals surface area contributed by atoms with Crippen molar-refractivity contribution in [3.63, 3.8) is 0 Å². The van der Waals surface area contributed by atoms with Gasteiger partial charge in [0.1, 0.15) is 11.8 Å². The summed E-state index contributed by atoms with van der Waals surface area (Å²) in [6.07, 6.45) is -2.62. The van der Waals surface area contributed by atoms with Crippen molar-refractivity contribution < 1.29 is 18.3 Å². The predicted octanol–water partition coefficient (Wildman–Crippen LogP) is 1.71. The number of methoxy groups -OCH3 is 1.